The van der Waals surface area contributed by atoms with Gasteiger partial charge in [-0.2, -0.15) is 17.5 Å². The van der Waals surface area contributed by atoms with Gasteiger partial charge in [-0.05, 0) is 69.3 Å². The van der Waals surface area contributed by atoms with Gasteiger partial charge in [-0.1, -0.05) is 13.0 Å². The summed E-state index contributed by atoms with van der Waals surface area (Å²) >= 11 is 0. The Morgan fingerprint density at radius 1 is 1.16 bits per heavy atom. The van der Waals surface area contributed by atoms with Crippen molar-refractivity contribution >= 4 is 10.0 Å². The van der Waals surface area contributed by atoms with Crippen LogP contribution in [0.25, 0.3) is 0 Å². The Bertz CT molecular complexity index is 774. The maximum absolute atomic E-state index is 13.0. The molecule has 0 amide bonds. The monoisotopic (exact) mass is 462 g/mol. The number of unbranched alkanes of at least 4 members (excludes halogenated alkanes) is 1. The van der Waals surface area contributed by atoms with E-state index in [4.69, 9.17) is 4.74 Å². The highest BCUT2D eigenvalue weighted by molar-refractivity contribution is 7.89. The van der Waals surface area contributed by atoms with E-state index in [1.54, 1.807) is 6.92 Å². The topological polar surface area (TPSA) is 58.6 Å². The molecule has 0 aliphatic heterocycles. The van der Waals surface area contributed by atoms with Gasteiger partial charge in [0.25, 0.3) is 0 Å². The number of sulfonamides is 1. The molecule has 0 unspecified atom stereocenters. The Balaban J connectivity index is 1.86. The van der Waals surface area contributed by atoms with Crippen LogP contribution >= 0.6 is 0 Å². The highest BCUT2D eigenvalue weighted by atomic mass is 32.2. The fourth-order valence-electron chi connectivity index (χ4n) is 3.88. The van der Waals surface area contributed by atoms with Crippen molar-refractivity contribution in [3.63, 3.8) is 0 Å². The lowest BCUT2D eigenvalue weighted by molar-refractivity contribution is -0.137. The Hall–Kier alpha value is -1.42. The van der Waals surface area contributed by atoms with E-state index in [-0.39, 0.29) is 23.6 Å². The van der Waals surface area contributed by atoms with Crippen LogP contribution in [-0.2, 0) is 20.9 Å². The Morgan fingerprint density at radius 2 is 1.81 bits per heavy atom. The standard InChI is InChI=1S/C22H33F3N2O3S/c1-3-15-26-16-5-6-17-30-20-11-9-19(10-12-20)27(4-2)31(28,29)21-13-7-18(8-14-21)22(23,24)25/h3,7-8,13-14,19-20,26H,1,4-6,9-12,15-17H2,2H3. The number of nitrogens with one attached hydrogen (secondary N) is 1. The highest BCUT2D eigenvalue weighted by Crippen LogP contribution is 2.32. The van der Waals surface area contributed by atoms with E-state index in [1.807, 2.05) is 6.08 Å². The zero-order chi connectivity index (χ0) is 22.9. The third-order valence-electron chi connectivity index (χ3n) is 5.54. The zero-order valence-corrected chi connectivity index (χ0v) is 18.9. The minimum absolute atomic E-state index is 0.106. The van der Waals surface area contributed by atoms with Crippen LogP contribution in [0.5, 0.6) is 0 Å². The lowest BCUT2D eigenvalue weighted by Crippen LogP contribution is -2.43. The number of halogens is 3. The number of hydrogen-bond donors (Lipinski definition) is 1. The molecule has 1 aromatic carbocycles. The van der Waals surface area contributed by atoms with Crippen molar-refractivity contribution in [2.24, 2.45) is 0 Å². The summed E-state index contributed by atoms with van der Waals surface area (Å²) < 4.78 is 71.7. The molecule has 31 heavy (non-hydrogen) atoms. The summed E-state index contributed by atoms with van der Waals surface area (Å²) in [5.74, 6) is 0. The summed E-state index contributed by atoms with van der Waals surface area (Å²) in [6.45, 7) is 8.10. The quantitative estimate of drug-likeness (QED) is 0.364. The first-order valence-electron chi connectivity index (χ1n) is 10.8. The van der Waals surface area contributed by atoms with Crippen molar-refractivity contribution in [3.8, 4) is 0 Å². The van der Waals surface area contributed by atoms with Crippen molar-refractivity contribution in [1.29, 1.82) is 0 Å². The second kappa shape index (κ2) is 12.0. The molecule has 2 rings (SSSR count). The van der Waals surface area contributed by atoms with E-state index in [0.29, 0.717) is 19.4 Å². The highest BCUT2D eigenvalue weighted by Gasteiger charge is 2.35. The van der Waals surface area contributed by atoms with Crippen LogP contribution in [0.3, 0.4) is 0 Å². The molecule has 0 saturated heterocycles. The second-order valence-corrected chi connectivity index (χ2v) is 9.62. The molecule has 1 N–H and O–H groups in total. The van der Waals surface area contributed by atoms with Gasteiger partial charge in [-0.3, -0.25) is 0 Å². The van der Waals surface area contributed by atoms with Gasteiger partial charge in [0.1, 0.15) is 0 Å². The van der Waals surface area contributed by atoms with Crippen LogP contribution in [0.2, 0.25) is 0 Å². The summed E-state index contributed by atoms with van der Waals surface area (Å²) in [6, 6.07) is 3.55. The number of nitrogens with zero attached hydrogens (tertiary/aromatic N) is 1. The van der Waals surface area contributed by atoms with Crippen LogP contribution in [0, 0.1) is 0 Å². The summed E-state index contributed by atoms with van der Waals surface area (Å²) in [5.41, 5.74) is -0.858. The van der Waals surface area contributed by atoms with Gasteiger partial charge >= 0.3 is 6.18 Å². The summed E-state index contributed by atoms with van der Waals surface area (Å²) in [6.07, 6.45) is 2.37. The van der Waals surface area contributed by atoms with Gasteiger partial charge in [-0.25, -0.2) is 8.42 Å². The summed E-state index contributed by atoms with van der Waals surface area (Å²) in [4.78, 5) is -0.106. The molecular weight excluding hydrogens is 429 g/mol. The number of ether oxygens (including phenoxy) is 1. The molecule has 1 aliphatic carbocycles. The fraction of sp³-hybridized carbons (Fsp3) is 0.636. The Kier molecular flexibility index (Phi) is 9.99. The molecule has 9 heteroatoms. The molecule has 0 radical (unpaired) electrons. The molecule has 1 aliphatic rings. The molecule has 0 bridgehead atoms. The summed E-state index contributed by atoms with van der Waals surface area (Å²) in [7, 11) is -3.85. The average Bonchev–Trinajstić information content (AvgIpc) is 2.74. The van der Waals surface area contributed by atoms with Crippen molar-refractivity contribution in [2.45, 2.75) is 68.7 Å². The third-order valence-corrected chi connectivity index (χ3v) is 7.58. The first kappa shape index (κ1) is 25.8. The van der Waals surface area contributed by atoms with Crippen molar-refractivity contribution < 1.29 is 26.3 Å². The van der Waals surface area contributed by atoms with E-state index in [9.17, 15) is 21.6 Å². The zero-order valence-electron chi connectivity index (χ0n) is 18.0. The molecular formula is C22H33F3N2O3S. The lowest BCUT2D eigenvalue weighted by Gasteiger charge is -2.35. The van der Waals surface area contributed by atoms with E-state index in [2.05, 4.69) is 11.9 Å². The van der Waals surface area contributed by atoms with Gasteiger partial charge in [0.15, 0.2) is 0 Å². The number of alkyl halides is 3. The molecule has 0 spiro atoms. The van der Waals surface area contributed by atoms with Crippen molar-refractivity contribution in [2.75, 3.05) is 26.2 Å². The largest absolute Gasteiger partial charge is 0.416 e. The minimum atomic E-state index is -4.49. The number of rotatable bonds is 12. The van der Waals surface area contributed by atoms with E-state index >= 15 is 0 Å². The number of hydrogen-bond acceptors (Lipinski definition) is 4. The Morgan fingerprint density at radius 3 is 2.35 bits per heavy atom. The smallest absolute Gasteiger partial charge is 0.378 e. The van der Waals surface area contributed by atoms with Gasteiger partial charge in [0.2, 0.25) is 10.0 Å². The van der Waals surface area contributed by atoms with Crippen LogP contribution in [0.4, 0.5) is 13.2 Å². The van der Waals surface area contributed by atoms with Crippen LogP contribution in [0.15, 0.2) is 41.8 Å². The van der Waals surface area contributed by atoms with Crippen LogP contribution < -0.4 is 5.32 Å². The Labute approximate surface area is 183 Å². The van der Waals surface area contributed by atoms with Crippen LogP contribution in [-0.4, -0.2) is 51.1 Å². The molecule has 5 nitrogen and oxygen atoms in total. The average molecular weight is 463 g/mol. The predicted octanol–water partition coefficient (Wildman–Crippen LogP) is 4.60. The fourth-order valence-corrected chi connectivity index (χ4v) is 5.58. The molecule has 0 heterocycles. The van der Waals surface area contributed by atoms with E-state index in [0.717, 1.165) is 63.0 Å². The second-order valence-electron chi connectivity index (χ2n) is 7.73. The van der Waals surface area contributed by atoms with Gasteiger partial charge < -0.3 is 10.1 Å². The van der Waals surface area contributed by atoms with Crippen molar-refractivity contribution in [1.82, 2.24) is 9.62 Å². The first-order chi connectivity index (χ1) is 14.7. The molecule has 0 atom stereocenters. The SMILES string of the molecule is C=CCNCCCCOC1CCC(N(CC)S(=O)(=O)c2ccc(C(F)(F)F)cc2)CC1. The predicted molar refractivity (Wildman–Crippen MR) is 115 cm³/mol. The van der Waals surface area contributed by atoms with E-state index in [1.165, 1.54) is 4.31 Å². The molecule has 1 aromatic rings. The van der Waals surface area contributed by atoms with E-state index < -0.39 is 21.8 Å². The van der Waals surface area contributed by atoms with Crippen molar-refractivity contribution in [3.05, 3.63) is 42.5 Å². The lowest BCUT2D eigenvalue weighted by atomic mass is 9.93. The molecule has 176 valence electrons. The van der Waals surface area contributed by atoms with Gasteiger partial charge in [0.05, 0.1) is 16.6 Å². The first-order valence-corrected chi connectivity index (χ1v) is 12.3. The van der Waals surface area contributed by atoms with Gasteiger partial charge in [-0.15, -0.1) is 6.58 Å². The van der Waals surface area contributed by atoms with Crippen LogP contribution in [0.1, 0.15) is 51.0 Å². The molecule has 1 saturated carbocycles. The third kappa shape index (κ3) is 7.59. The maximum Gasteiger partial charge on any atom is 0.416 e. The van der Waals surface area contributed by atoms with Gasteiger partial charge in [0, 0.05) is 25.7 Å². The normalized spacial score (nSPS) is 20.2. The minimum Gasteiger partial charge on any atom is -0.378 e. The maximum atomic E-state index is 13.0. The number of benzene rings is 1. The molecule has 1 fully saturated rings. The summed E-state index contributed by atoms with van der Waals surface area (Å²) in [5, 5.41) is 3.24. The molecule has 0 aromatic heterocycles.